The van der Waals surface area contributed by atoms with Crippen molar-refractivity contribution in [2.45, 2.75) is 33.2 Å². The number of nitrogens with one attached hydrogen (secondary N) is 1. The van der Waals surface area contributed by atoms with E-state index in [1.807, 2.05) is 13.0 Å². The van der Waals surface area contributed by atoms with Gasteiger partial charge in [0.2, 0.25) is 5.91 Å². The van der Waals surface area contributed by atoms with Crippen LogP contribution in [0.5, 0.6) is 5.75 Å². The number of methoxy groups -OCH3 is 1. The highest BCUT2D eigenvalue weighted by Crippen LogP contribution is 2.30. The Morgan fingerprint density at radius 1 is 1.19 bits per heavy atom. The van der Waals surface area contributed by atoms with E-state index in [-0.39, 0.29) is 5.91 Å². The molecule has 0 bridgehead atoms. The van der Waals surface area contributed by atoms with E-state index in [2.05, 4.69) is 69.1 Å². The van der Waals surface area contributed by atoms with Crippen molar-refractivity contribution in [1.29, 1.82) is 0 Å². The van der Waals surface area contributed by atoms with Gasteiger partial charge in [-0.15, -0.1) is 0 Å². The van der Waals surface area contributed by atoms with E-state index < -0.39 is 0 Å². The molecule has 1 amide bonds. The Kier molecular flexibility index (Phi) is 6.22. The molecular formula is C22H25BrN2O2. The summed E-state index contributed by atoms with van der Waals surface area (Å²) in [4.78, 5) is 11.6. The first-order valence-corrected chi connectivity index (χ1v) is 9.99. The maximum absolute atomic E-state index is 11.6. The molecule has 5 heteroatoms. The van der Waals surface area contributed by atoms with E-state index in [1.165, 1.54) is 27.7 Å². The van der Waals surface area contributed by atoms with Crippen LogP contribution in [0.4, 0.5) is 0 Å². The number of aromatic nitrogens is 1. The maximum Gasteiger partial charge on any atom is 0.219 e. The van der Waals surface area contributed by atoms with Gasteiger partial charge in [-0.2, -0.15) is 0 Å². The Labute approximate surface area is 168 Å². The van der Waals surface area contributed by atoms with E-state index in [4.69, 9.17) is 4.74 Å². The van der Waals surface area contributed by atoms with Crippen molar-refractivity contribution in [3.63, 3.8) is 0 Å². The molecule has 27 heavy (non-hydrogen) atoms. The predicted octanol–water partition coefficient (Wildman–Crippen LogP) is 4.84. The minimum Gasteiger partial charge on any atom is -0.497 e. The number of fused-ring (bicyclic) bond motifs is 1. The molecule has 0 aliphatic heterocycles. The third-order valence-electron chi connectivity index (χ3n) is 4.93. The lowest BCUT2D eigenvalue weighted by Crippen LogP contribution is -2.24. The number of benzene rings is 2. The molecule has 2 aromatic carbocycles. The number of amides is 1. The van der Waals surface area contributed by atoms with Gasteiger partial charge in [-0.05, 0) is 54.8 Å². The van der Waals surface area contributed by atoms with Gasteiger partial charge in [0.25, 0.3) is 0 Å². The molecule has 0 spiro atoms. The number of hydrogen-bond acceptors (Lipinski definition) is 2. The van der Waals surface area contributed by atoms with Gasteiger partial charge in [-0.3, -0.25) is 4.79 Å². The van der Waals surface area contributed by atoms with Crippen LogP contribution in [-0.2, 0) is 17.8 Å². The molecule has 4 nitrogen and oxygen atoms in total. The van der Waals surface area contributed by atoms with Crippen molar-refractivity contribution in [2.24, 2.45) is 0 Å². The van der Waals surface area contributed by atoms with E-state index in [0.717, 1.165) is 23.2 Å². The van der Waals surface area contributed by atoms with Crippen LogP contribution in [0, 0.1) is 6.92 Å². The average molecular weight is 429 g/mol. The standard InChI is InChI=1S/C22H25BrN2O2/c1-4-22(26)24-12-11-19-15(2)25(14-16-5-7-17(23)8-6-16)21-10-9-18(27-3)13-20(19)21/h5-10,13H,4,11-12,14H2,1-3H3,(H,24,26). The SMILES string of the molecule is CCC(=O)NCCc1c(C)n(Cc2ccc(Br)cc2)c2ccc(OC)cc12. The highest BCUT2D eigenvalue weighted by molar-refractivity contribution is 9.10. The summed E-state index contributed by atoms with van der Waals surface area (Å²) < 4.78 is 8.86. The summed E-state index contributed by atoms with van der Waals surface area (Å²) in [6.45, 7) is 5.48. The second-order valence-electron chi connectivity index (χ2n) is 6.61. The average Bonchev–Trinajstić information content (AvgIpc) is 2.94. The van der Waals surface area contributed by atoms with E-state index in [9.17, 15) is 4.79 Å². The lowest BCUT2D eigenvalue weighted by Gasteiger charge is -2.10. The van der Waals surface area contributed by atoms with Crippen LogP contribution in [-0.4, -0.2) is 24.1 Å². The molecule has 1 aromatic heterocycles. The quantitative estimate of drug-likeness (QED) is 0.584. The minimum atomic E-state index is 0.0869. The molecule has 0 aliphatic rings. The molecule has 0 radical (unpaired) electrons. The molecule has 1 N–H and O–H groups in total. The summed E-state index contributed by atoms with van der Waals surface area (Å²) in [5.74, 6) is 0.936. The minimum absolute atomic E-state index is 0.0869. The first-order chi connectivity index (χ1) is 13.0. The van der Waals surface area contributed by atoms with Gasteiger partial charge in [0.1, 0.15) is 5.75 Å². The second kappa shape index (κ2) is 8.61. The van der Waals surface area contributed by atoms with E-state index in [1.54, 1.807) is 7.11 Å². The highest BCUT2D eigenvalue weighted by Gasteiger charge is 2.15. The lowest BCUT2D eigenvalue weighted by molar-refractivity contribution is -0.120. The van der Waals surface area contributed by atoms with Crippen molar-refractivity contribution in [3.05, 3.63) is 63.8 Å². The zero-order chi connectivity index (χ0) is 19.4. The zero-order valence-electron chi connectivity index (χ0n) is 16.0. The van der Waals surface area contributed by atoms with Gasteiger partial charge in [0.05, 0.1) is 7.11 Å². The van der Waals surface area contributed by atoms with Gasteiger partial charge in [-0.25, -0.2) is 0 Å². The van der Waals surface area contributed by atoms with Gasteiger partial charge in [-0.1, -0.05) is 35.0 Å². The maximum atomic E-state index is 11.6. The molecule has 142 valence electrons. The molecule has 0 atom stereocenters. The Balaban J connectivity index is 1.98. The van der Waals surface area contributed by atoms with Gasteiger partial charge >= 0.3 is 0 Å². The van der Waals surface area contributed by atoms with Crippen LogP contribution in [0.3, 0.4) is 0 Å². The smallest absolute Gasteiger partial charge is 0.219 e. The fourth-order valence-corrected chi connectivity index (χ4v) is 3.67. The number of nitrogens with zero attached hydrogens (tertiary/aromatic N) is 1. The van der Waals surface area contributed by atoms with Crippen molar-refractivity contribution < 1.29 is 9.53 Å². The largest absolute Gasteiger partial charge is 0.497 e. The predicted molar refractivity (Wildman–Crippen MR) is 113 cm³/mol. The fourth-order valence-electron chi connectivity index (χ4n) is 3.40. The molecule has 1 heterocycles. The van der Waals surface area contributed by atoms with Crippen LogP contribution >= 0.6 is 15.9 Å². The van der Waals surface area contributed by atoms with Gasteiger partial charge in [0.15, 0.2) is 0 Å². The summed E-state index contributed by atoms with van der Waals surface area (Å²) in [7, 11) is 1.69. The number of hydrogen-bond donors (Lipinski definition) is 1. The zero-order valence-corrected chi connectivity index (χ0v) is 17.6. The van der Waals surface area contributed by atoms with Crippen LogP contribution in [0.2, 0.25) is 0 Å². The van der Waals surface area contributed by atoms with E-state index in [0.29, 0.717) is 13.0 Å². The Morgan fingerprint density at radius 2 is 1.93 bits per heavy atom. The normalized spacial score (nSPS) is 11.0. The Bertz CT molecular complexity index is 945. The molecule has 0 saturated carbocycles. The lowest BCUT2D eigenvalue weighted by atomic mass is 10.1. The molecule has 0 aliphatic carbocycles. The van der Waals surface area contributed by atoms with Crippen molar-refractivity contribution >= 4 is 32.7 Å². The Morgan fingerprint density at radius 3 is 2.59 bits per heavy atom. The summed E-state index contributed by atoms with van der Waals surface area (Å²) in [5, 5.41) is 4.17. The summed E-state index contributed by atoms with van der Waals surface area (Å²) in [5.41, 5.74) is 4.93. The van der Waals surface area contributed by atoms with Crippen LogP contribution in [0.25, 0.3) is 10.9 Å². The van der Waals surface area contributed by atoms with Crippen LogP contribution in [0.15, 0.2) is 46.9 Å². The van der Waals surface area contributed by atoms with Crippen LogP contribution in [0.1, 0.15) is 30.2 Å². The monoisotopic (exact) mass is 428 g/mol. The summed E-state index contributed by atoms with van der Waals surface area (Å²) in [6.07, 6.45) is 1.31. The summed E-state index contributed by atoms with van der Waals surface area (Å²) >= 11 is 3.50. The van der Waals surface area contributed by atoms with E-state index >= 15 is 0 Å². The molecule has 3 aromatic rings. The molecule has 3 rings (SSSR count). The molecular weight excluding hydrogens is 404 g/mol. The highest BCUT2D eigenvalue weighted by atomic mass is 79.9. The van der Waals surface area contributed by atoms with Crippen molar-refractivity contribution in [2.75, 3.05) is 13.7 Å². The van der Waals surface area contributed by atoms with Crippen molar-refractivity contribution in [3.8, 4) is 5.75 Å². The fraction of sp³-hybridized carbons (Fsp3) is 0.318. The van der Waals surface area contributed by atoms with Crippen molar-refractivity contribution in [1.82, 2.24) is 9.88 Å². The first-order valence-electron chi connectivity index (χ1n) is 9.20. The van der Waals surface area contributed by atoms with Crippen LogP contribution < -0.4 is 10.1 Å². The first kappa shape index (κ1) is 19.5. The van der Waals surface area contributed by atoms with Gasteiger partial charge in [0, 0.05) is 40.6 Å². The molecule has 0 fully saturated rings. The number of carbonyl (C=O) groups excluding carboxylic acids is 1. The Hall–Kier alpha value is -2.27. The second-order valence-corrected chi connectivity index (χ2v) is 7.53. The number of carbonyl (C=O) groups is 1. The molecule has 0 saturated heterocycles. The summed E-state index contributed by atoms with van der Waals surface area (Å²) in [6, 6.07) is 14.6. The third kappa shape index (κ3) is 4.35. The van der Waals surface area contributed by atoms with Gasteiger partial charge < -0.3 is 14.6 Å². The number of rotatable bonds is 7. The number of ether oxygens (including phenoxy) is 1. The number of halogens is 1. The topological polar surface area (TPSA) is 43.3 Å². The third-order valence-corrected chi connectivity index (χ3v) is 5.46. The molecule has 0 unspecified atom stereocenters.